The van der Waals surface area contributed by atoms with Crippen LogP contribution >= 0.6 is 0 Å². The lowest BCUT2D eigenvalue weighted by molar-refractivity contribution is 0.0683. The fourth-order valence-electron chi connectivity index (χ4n) is 1.81. The molecule has 0 radical (unpaired) electrons. The molecule has 6 heteroatoms. The van der Waals surface area contributed by atoms with Gasteiger partial charge in [0.2, 0.25) is 11.6 Å². The Morgan fingerprint density at radius 1 is 1.53 bits per heavy atom. The third-order valence-electron chi connectivity index (χ3n) is 2.66. The van der Waals surface area contributed by atoms with E-state index in [9.17, 15) is 4.79 Å². The van der Waals surface area contributed by atoms with Gasteiger partial charge in [-0.25, -0.2) is 9.78 Å². The molecule has 1 aliphatic heterocycles. The highest BCUT2D eigenvalue weighted by Gasteiger charge is 2.27. The third-order valence-corrected chi connectivity index (χ3v) is 2.66. The fourth-order valence-corrected chi connectivity index (χ4v) is 1.81. The molecule has 1 saturated heterocycles. The van der Waals surface area contributed by atoms with Crippen LogP contribution in [0.4, 0.5) is 0 Å². The van der Waals surface area contributed by atoms with Gasteiger partial charge in [0.1, 0.15) is 0 Å². The smallest absolute Gasteiger partial charge is 0.362 e. The average Bonchev–Trinajstić information content (AvgIpc) is 2.75. The third kappa shape index (κ3) is 2.58. The van der Waals surface area contributed by atoms with E-state index in [2.05, 4.69) is 4.98 Å². The van der Waals surface area contributed by atoms with E-state index in [1.165, 1.54) is 0 Å². The molecule has 1 fully saturated rings. The molecule has 0 amide bonds. The van der Waals surface area contributed by atoms with Crippen LogP contribution < -0.4 is 4.74 Å². The average molecular weight is 241 g/mol. The molecule has 94 valence electrons. The van der Waals surface area contributed by atoms with Crippen molar-refractivity contribution in [2.45, 2.75) is 25.7 Å². The van der Waals surface area contributed by atoms with Gasteiger partial charge in [-0.15, -0.1) is 0 Å². The van der Waals surface area contributed by atoms with Crippen molar-refractivity contribution in [1.82, 2.24) is 4.98 Å². The first-order chi connectivity index (χ1) is 8.22. The van der Waals surface area contributed by atoms with E-state index in [4.69, 9.17) is 19.0 Å². The minimum atomic E-state index is -1.13. The van der Waals surface area contributed by atoms with E-state index in [1.54, 1.807) is 6.92 Å². The lowest BCUT2D eigenvalue weighted by Crippen LogP contribution is -2.14. The van der Waals surface area contributed by atoms with Crippen molar-refractivity contribution in [3.8, 4) is 5.95 Å². The highest BCUT2D eigenvalue weighted by molar-refractivity contribution is 5.87. The Bertz CT molecular complexity index is 395. The molecule has 6 nitrogen and oxygen atoms in total. The summed E-state index contributed by atoms with van der Waals surface area (Å²) >= 11 is 0. The maximum atomic E-state index is 11.0. The van der Waals surface area contributed by atoms with E-state index in [0.29, 0.717) is 25.7 Å². The highest BCUT2D eigenvalue weighted by atomic mass is 16.6. The summed E-state index contributed by atoms with van der Waals surface area (Å²) in [6, 6.07) is 0. The van der Waals surface area contributed by atoms with Gasteiger partial charge in [-0.1, -0.05) is 0 Å². The molecule has 1 aromatic heterocycles. The van der Waals surface area contributed by atoms with Crippen LogP contribution in [0.25, 0.3) is 0 Å². The van der Waals surface area contributed by atoms with Crippen molar-refractivity contribution in [2.24, 2.45) is 0 Å². The number of carboxylic acid groups (broad SMARTS) is 1. The number of nitrogens with zero attached hydrogens (tertiary/aromatic N) is 1. The van der Waals surface area contributed by atoms with Crippen LogP contribution in [0.3, 0.4) is 0 Å². The van der Waals surface area contributed by atoms with E-state index in [0.717, 1.165) is 12.8 Å². The zero-order valence-corrected chi connectivity index (χ0v) is 9.64. The molecule has 2 rings (SSSR count). The zero-order chi connectivity index (χ0) is 12.3. The molecule has 1 aromatic rings. The molecule has 0 aromatic carbocycles. The first-order valence-electron chi connectivity index (χ1n) is 5.67. The van der Waals surface area contributed by atoms with Crippen LogP contribution in [-0.4, -0.2) is 35.9 Å². The number of hydrogen-bond donors (Lipinski definition) is 1. The molecular formula is C11H15NO5. The van der Waals surface area contributed by atoms with E-state index < -0.39 is 5.97 Å². The largest absolute Gasteiger partial charge is 0.476 e. The van der Waals surface area contributed by atoms with Crippen LogP contribution in [0.5, 0.6) is 5.95 Å². The van der Waals surface area contributed by atoms with Gasteiger partial charge < -0.3 is 19.0 Å². The predicted octanol–water partition coefficient (Wildman–Crippen LogP) is 1.67. The lowest BCUT2D eigenvalue weighted by atomic mass is 10.0. The van der Waals surface area contributed by atoms with Gasteiger partial charge in [-0.3, -0.25) is 0 Å². The topological polar surface area (TPSA) is 81.8 Å². The van der Waals surface area contributed by atoms with Gasteiger partial charge in [0.05, 0.1) is 6.61 Å². The van der Waals surface area contributed by atoms with Gasteiger partial charge in [0, 0.05) is 19.1 Å². The number of carboxylic acids is 1. The maximum absolute atomic E-state index is 11.0. The second-order valence-electron chi connectivity index (χ2n) is 3.81. The van der Waals surface area contributed by atoms with Crippen molar-refractivity contribution in [1.29, 1.82) is 0 Å². The molecule has 0 spiro atoms. The van der Waals surface area contributed by atoms with Crippen LogP contribution in [0.2, 0.25) is 0 Å². The van der Waals surface area contributed by atoms with Crippen LogP contribution in [0, 0.1) is 0 Å². The first-order valence-corrected chi connectivity index (χ1v) is 5.67. The number of rotatable bonds is 4. The van der Waals surface area contributed by atoms with Crippen molar-refractivity contribution < 1.29 is 23.8 Å². The molecule has 2 heterocycles. The van der Waals surface area contributed by atoms with Crippen LogP contribution in [-0.2, 0) is 4.74 Å². The van der Waals surface area contributed by atoms with Crippen LogP contribution in [0.1, 0.15) is 42.1 Å². The Kier molecular flexibility index (Phi) is 3.63. The molecule has 0 saturated carbocycles. The normalized spacial score (nSPS) is 17.0. The highest BCUT2D eigenvalue weighted by Crippen LogP contribution is 2.30. The second-order valence-corrected chi connectivity index (χ2v) is 3.81. The molecular weight excluding hydrogens is 226 g/mol. The zero-order valence-electron chi connectivity index (χ0n) is 9.64. The molecule has 0 atom stereocenters. The Morgan fingerprint density at radius 3 is 2.82 bits per heavy atom. The quantitative estimate of drug-likeness (QED) is 0.863. The number of aromatic carboxylic acids is 1. The minimum Gasteiger partial charge on any atom is -0.476 e. The first kappa shape index (κ1) is 11.9. The summed E-state index contributed by atoms with van der Waals surface area (Å²) in [7, 11) is 0. The molecule has 1 aliphatic rings. The van der Waals surface area contributed by atoms with Gasteiger partial charge in [0.25, 0.3) is 0 Å². The van der Waals surface area contributed by atoms with Crippen LogP contribution in [0.15, 0.2) is 4.42 Å². The Morgan fingerprint density at radius 2 is 2.24 bits per heavy atom. The minimum absolute atomic E-state index is 0.00138. The summed E-state index contributed by atoms with van der Waals surface area (Å²) in [4.78, 5) is 15.0. The number of oxazole rings is 1. The van der Waals surface area contributed by atoms with Gasteiger partial charge in [-0.05, 0) is 19.8 Å². The van der Waals surface area contributed by atoms with E-state index in [-0.39, 0.29) is 17.6 Å². The van der Waals surface area contributed by atoms with Gasteiger partial charge in [-0.2, -0.15) is 0 Å². The van der Waals surface area contributed by atoms with Crippen molar-refractivity contribution in [3.05, 3.63) is 11.6 Å². The molecule has 1 N–H and O–H groups in total. The lowest BCUT2D eigenvalue weighted by Gasteiger charge is -2.18. The maximum Gasteiger partial charge on any atom is 0.362 e. The number of carbonyl (C=O) groups is 1. The fraction of sp³-hybridized carbons (Fsp3) is 0.636. The second kappa shape index (κ2) is 5.18. The van der Waals surface area contributed by atoms with E-state index >= 15 is 0 Å². The molecule has 17 heavy (non-hydrogen) atoms. The molecule has 0 bridgehead atoms. The summed E-state index contributed by atoms with van der Waals surface area (Å²) in [6.07, 6.45) is 1.59. The van der Waals surface area contributed by atoms with E-state index in [1.807, 2.05) is 0 Å². The Balaban J connectivity index is 2.22. The number of ether oxygens (including phenoxy) is 2. The van der Waals surface area contributed by atoms with Crippen molar-refractivity contribution in [3.63, 3.8) is 0 Å². The SMILES string of the molecule is CCOc1oc(C2CCOCC2)nc1C(=O)O. The van der Waals surface area contributed by atoms with Crippen molar-refractivity contribution >= 4 is 5.97 Å². The molecule has 0 unspecified atom stereocenters. The van der Waals surface area contributed by atoms with Gasteiger partial charge >= 0.3 is 11.9 Å². The summed E-state index contributed by atoms with van der Waals surface area (Å²) in [5, 5.41) is 8.98. The van der Waals surface area contributed by atoms with Gasteiger partial charge in [0.15, 0.2) is 0 Å². The summed E-state index contributed by atoms with van der Waals surface area (Å²) in [5.41, 5.74) is -0.145. The summed E-state index contributed by atoms with van der Waals surface area (Å²) in [5.74, 6) is -0.567. The standard InChI is InChI=1S/C11H15NO5/c1-2-16-11-8(10(13)14)12-9(17-11)7-3-5-15-6-4-7/h7H,2-6H2,1H3,(H,13,14). The summed E-state index contributed by atoms with van der Waals surface area (Å²) in [6.45, 7) is 3.42. The predicted molar refractivity (Wildman–Crippen MR) is 57.4 cm³/mol. The number of aromatic nitrogens is 1. The monoisotopic (exact) mass is 241 g/mol. The van der Waals surface area contributed by atoms with Crippen molar-refractivity contribution in [2.75, 3.05) is 19.8 Å². The summed E-state index contributed by atoms with van der Waals surface area (Å²) < 4.78 is 15.8. The Hall–Kier alpha value is -1.56. The Labute approximate surface area is 98.5 Å². The number of hydrogen-bond acceptors (Lipinski definition) is 5. The molecule has 0 aliphatic carbocycles.